The van der Waals surface area contributed by atoms with Crippen LogP contribution in [0.3, 0.4) is 0 Å². The molecule has 0 atom stereocenters. The maximum Gasteiger partial charge on any atom is 0.416 e. The van der Waals surface area contributed by atoms with E-state index in [2.05, 4.69) is 95.5 Å². The van der Waals surface area contributed by atoms with Crippen molar-refractivity contribution in [2.45, 2.75) is 86.0 Å². The van der Waals surface area contributed by atoms with Crippen LogP contribution in [0.4, 0.5) is 13.2 Å². The molecule has 0 N–H and O–H groups in total. The van der Waals surface area contributed by atoms with Crippen LogP contribution in [0.15, 0.2) is 86.0 Å². The van der Waals surface area contributed by atoms with Crippen LogP contribution in [0, 0.1) is 0 Å². The van der Waals surface area contributed by atoms with E-state index < -0.39 is 11.7 Å². The summed E-state index contributed by atoms with van der Waals surface area (Å²) < 4.78 is 43.2. The van der Waals surface area contributed by atoms with Gasteiger partial charge in [-0.1, -0.05) is 106 Å². The number of quaternary nitrogens is 1. The first-order valence-corrected chi connectivity index (χ1v) is 17.8. The molecule has 1 heterocycles. The summed E-state index contributed by atoms with van der Waals surface area (Å²) >= 11 is 0. The van der Waals surface area contributed by atoms with E-state index in [1.807, 2.05) is 19.1 Å². The zero-order valence-corrected chi connectivity index (χ0v) is 30.1. The largest absolute Gasteiger partial charge is 0.416 e. The number of nitrogens with zero attached hydrogens (tertiary/aromatic N) is 1. The maximum atomic E-state index is 14.1. The van der Waals surface area contributed by atoms with E-state index in [-0.39, 0.29) is 0 Å². The van der Waals surface area contributed by atoms with Crippen LogP contribution >= 0.6 is 0 Å². The molecule has 258 valence electrons. The Morgan fingerprint density at radius 1 is 0.857 bits per heavy atom. The van der Waals surface area contributed by atoms with E-state index >= 15 is 0 Å². The zero-order valence-electron chi connectivity index (χ0n) is 30.1. The van der Waals surface area contributed by atoms with Crippen LogP contribution in [-0.4, -0.2) is 17.6 Å². The number of hydrogen-bond acceptors (Lipinski definition) is 0. The molecule has 0 spiro atoms. The van der Waals surface area contributed by atoms with Gasteiger partial charge >= 0.3 is 6.18 Å². The van der Waals surface area contributed by atoms with Gasteiger partial charge < -0.3 is 4.48 Å². The molecule has 0 fully saturated rings. The Hall–Kier alpha value is -4.15. The van der Waals surface area contributed by atoms with Gasteiger partial charge in [0.25, 0.3) is 0 Å². The highest BCUT2D eigenvalue weighted by Crippen LogP contribution is 2.44. The molecule has 0 saturated heterocycles. The Bertz CT molecular complexity index is 1860. The lowest BCUT2D eigenvalue weighted by atomic mass is 9.82. The van der Waals surface area contributed by atoms with Crippen molar-refractivity contribution in [3.8, 4) is 22.3 Å². The maximum absolute atomic E-state index is 14.1. The fourth-order valence-electron chi connectivity index (χ4n) is 7.46. The predicted molar refractivity (Wildman–Crippen MR) is 206 cm³/mol. The summed E-state index contributed by atoms with van der Waals surface area (Å²) in [4.78, 5) is 0. The fraction of sp³-hybridized carbons (Fsp3) is 0.333. The standard InChI is InChI=1S/C42H47F3N.C3H6/c1-6-11-23-46(24-12-7-2)28-38-30(17-8-3)25-32-19-14-13-15-22-36(32)41(38)40-35(10-5)31(18-9-4)27-37(39(40)29-46)33-20-16-21-34(26-33)42(43,44)45;1-3-2/h8-10,13-21,25-27H,4,6-7,11-12,22-24,28-29H2,1-3,5H3;3H,1H2,2H3/q+1;/b17-8+,31-18-,35-10+;. The quantitative estimate of drug-likeness (QED) is 0.158. The molecule has 0 radical (unpaired) electrons. The van der Waals surface area contributed by atoms with E-state index in [4.69, 9.17) is 0 Å². The van der Waals surface area contributed by atoms with Gasteiger partial charge in [0.2, 0.25) is 0 Å². The number of allylic oxidation sites excluding steroid dienone is 6. The van der Waals surface area contributed by atoms with E-state index in [0.29, 0.717) is 5.56 Å². The number of fused-ring (bicyclic) bond motifs is 5. The molecule has 0 bridgehead atoms. The SMILES string of the molecule is C=C/C=c1/cc(-c2cccc(C(F)(F)F)c2)c2c(/c1=C/C)-c1c3c(cc(/C=C/C)c1C[N+](CCCC)(CCCC)C2)C=CC=CC3.C=CC. The molecule has 0 amide bonds. The highest BCUT2D eigenvalue weighted by atomic mass is 19.4. The molecule has 0 saturated carbocycles. The van der Waals surface area contributed by atoms with Crippen molar-refractivity contribution in [3.05, 3.63) is 130 Å². The molecule has 3 aromatic carbocycles. The fourth-order valence-corrected chi connectivity index (χ4v) is 7.46. The number of benzene rings is 3. The second-order valence-electron chi connectivity index (χ2n) is 13.1. The Morgan fingerprint density at radius 2 is 1.55 bits per heavy atom. The molecule has 1 aliphatic heterocycles. The zero-order chi connectivity index (χ0) is 35.6. The van der Waals surface area contributed by atoms with Gasteiger partial charge in [-0.3, -0.25) is 0 Å². The van der Waals surface area contributed by atoms with Gasteiger partial charge in [-0.15, -0.1) is 6.58 Å². The van der Waals surface area contributed by atoms with Crippen molar-refractivity contribution < 1.29 is 17.7 Å². The molecule has 2 aliphatic rings. The van der Waals surface area contributed by atoms with Crippen molar-refractivity contribution in [1.29, 1.82) is 0 Å². The number of hydrogen-bond donors (Lipinski definition) is 0. The lowest BCUT2D eigenvalue weighted by Crippen LogP contribution is -2.48. The van der Waals surface area contributed by atoms with E-state index in [1.54, 1.807) is 18.2 Å². The van der Waals surface area contributed by atoms with Crippen LogP contribution in [0.2, 0.25) is 0 Å². The van der Waals surface area contributed by atoms with Gasteiger partial charge in [0.05, 0.1) is 18.7 Å². The van der Waals surface area contributed by atoms with Crippen LogP contribution in [0.25, 0.3) is 46.6 Å². The number of halogens is 3. The Morgan fingerprint density at radius 3 is 2.16 bits per heavy atom. The lowest BCUT2D eigenvalue weighted by Gasteiger charge is -2.39. The van der Waals surface area contributed by atoms with Crippen molar-refractivity contribution in [2.24, 2.45) is 0 Å². The highest BCUT2D eigenvalue weighted by molar-refractivity contribution is 5.88. The molecule has 1 aliphatic carbocycles. The molecule has 0 unspecified atom stereocenters. The summed E-state index contributed by atoms with van der Waals surface area (Å²) in [6, 6.07) is 10.4. The smallest absolute Gasteiger partial charge is 0.316 e. The molecule has 4 heteroatoms. The first-order chi connectivity index (χ1) is 23.6. The molecule has 5 rings (SSSR count). The average Bonchev–Trinajstić information content (AvgIpc) is 3.40. The normalized spacial score (nSPS) is 15.5. The van der Waals surface area contributed by atoms with Gasteiger partial charge in [0.1, 0.15) is 13.1 Å². The predicted octanol–water partition coefficient (Wildman–Crippen LogP) is 11.6. The van der Waals surface area contributed by atoms with Crippen LogP contribution < -0.4 is 10.4 Å². The third kappa shape index (κ3) is 8.36. The van der Waals surface area contributed by atoms with Crippen molar-refractivity contribution in [3.63, 3.8) is 0 Å². The van der Waals surface area contributed by atoms with Crippen LogP contribution in [0.5, 0.6) is 0 Å². The monoisotopic (exact) mass is 664 g/mol. The van der Waals surface area contributed by atoms with Crippen molar-refractivity contribution in [1.82, 2.24) is 0 Å². The Balaban J connectivity index is 0.00000174. The number of unbranched alkanes of at least 4 members (excludes halogenated alkanes) is 2. The van der Waals surface area contributed by atoms with Crippen molar-refractivity contribution in [2.75, 3.05) is 13.1 Å². The Kier molecular flexibility index (Phi) is 13.1. The second kappa shape index (κ2) is 17.0. The third-order valence-electron chi connectivity index (χ3n) is 9.61. The summed E-state index contributed by atoms with van der Waals surface area (Å²) in [5.41, 5.74) is 9.50. The molecule has 0 aromatic heterocycles. The summed E-state index contributed by atoms with van der Waals surface area (Å²) in [5.74, 6) is 0. The number of rotatable bonds is 9. The summed E-state index contributed by atoms with van der Waals surface area (Å²) in [5, 5.41) is 2.09. The topological polar surface area (TPSA) is 0 Å². The lowest BCUT2D eigenvalue weighted by molar-refractivity contribution is -0.953. The highest BCUT2D eigenvalue weighted by Gasteiger charge is 2.38. The minimum absolute atomic E-state index is 0.607. The van der Waals surface area contributed by atoms with E-state index in [0.717, 1.165) is 84.3 Å². The molecular weight excluding hydrogens is 611 g/mol. The summed E-state index contributed by atoms with van der Waals surface area (Å²) in [6.07, 6.45) is 21.5. The van der Waals surface area contributed by atoms with Gasteiger partial charge in [0.15, 0.2) is 0 Å². The second-order valence-corrected chi connectivity index (χ2v) is 13.1. The van der Waals surface area contributed by atoms with Crippen LogP contribution in [0.1, 0.15) is 93.7 Å². The van der Waals surface area contributed by atoms with Crippen LogP contribution in [-0.2, 0) is 25.7 Å². The molecular formula is C45H53F3N+. The first kappa shape index (κ1) is 37.7. The van der Waals surface area contributed by atoms with Gasteiger partial charge in [-0.25, -0.2) is 0 Å². The minimum Gasteiger partial charge on any atom is -0.316 e. The first-order valence-electron chi connectivity index (χ1n) is 17.8. The van der Waals surface area contributed by atoms with Gasteiger partial charge in [-0.2, -0.15) is 13.2 Å². The summed E-state index contributed by atoms with van der Waals surface area (Å²) in [6.45, 7) is 21.6. The average molecular weight is 665 g/mol. The van der Waals surface area contributed by atoms with E-state index in [9.17, 15) is 13.2 Å². The summed E-state index contributed by atoms with van der Waals surface area (Å²) in [7, 11) is 0. The molecule has 3 aromatic rings. The molecule has 49 heavy (non-hydrogen) atoms. The Labute approximate surface area is 292 Å². The number of alkyl halides is 3. The minimum atomic E-state index is -4.42. The van der Waals surface area contributed by atoms with Gasteiger partial charge in [0, 0.05) is 11.1 Å². The van der Waals surface area contributed by atoms with Gasteiger partial charge in [-0.05, 0) is 114 Å². The van der Waals surface area contributed by atoms with Crippen molar-refractivity contribution >= 4 is 24.3 Å². The van der Waals surface area contributed by atoms with E-state index in [1.165, 1.54) is 45.5 Å². The third-order valence-corrected chi connectivity index (χ3v) is 9.61. The molecule has 1 nitrogen and oxygen atoms in total.